The van der Waals surface area contributed by atoms with Gasteiger partial charge in [0, 0.05) is 18.6 Å². The van der Waals surface area contributed by atoms with Gasteiger partial charge in [0.15, 0.2) is 0 Å². The van der Waals surface area contributed by atoms with Gasteiger partial charge in [0.2, 0.25) is 0 Å². The van der Waals surface area contributed by atoms with Crippen molar-refractivity contribution in [3.63, 3.8) is 0 Å². The van der Waals surface area contributed by atoms with Crippen LogP contribution in [0.5, 0.6) is 0 Å². The Balaban J connectivity index is 0.000000605. The molecule has 0 saturated heterocycles. The van der Waals surface area contributed by atoms with Gasteiger partial charge >= 0.3 is 0 Å². The highest BCUT2D eigenvalue weighted by Crippen LogP contribution is 2.09. The van der Waals surface area contributed by atoms with Crippen molar-refractivity contribution in [2.75, 3.05) is 6.54 Å². The Labute approximate surface area is 83.4 Å². The molecule has 12 heavy (non-hydrogen) atoms. The minimum Gasteiger partial charge on any atom is -0.339 e. The Bertz CT molecular complexity index is 255. The lowest BCUT2D eigenvalue weighted by molar-refractivity contribution is 0.550. The fourth-order valence-electron chi connectivity index (χ4n) is 0.937. The van der Waals surface area contributed by atoms with Crippen molar-refractivity contribution >= 4 is 37.2 Å². The van der Waals surface area contributed by atoms with Crippen molar-refractivity contribution < 1.29 is 0 Å². The summed E-state index contributed by atoms with van der Waals surface area (Å²) in [6, 6.07) is 0. The first-order valence-corrected chi connectivity index (χ1v) is 3.15. The third kappa shape index (κ3) is 2.09. The van der Waals surface area contributed by atoms with E-state index in [0.29, 0.717) is 0 Å². The van der Waals surface area contributed by atoms with Crippen LogP contribution in [0.25, 0.3) is 0 Å². The van der Waals surface area contributed by atoms with E-state index in [0.717, 1.165) is 12.2 Å². The van der Waals surface area contributed by atoms with E-state index in [9.17, 15) is 0 Å². The lowest BCUT2D eigenvalue weighted by atomic mass is 10.3. The van der Waals surface area contributed by atoms with E-state index < -0.39 is 0 Å². The molecule has 0 fully saturated rings. The number of fused-ring (bicyclic) bond motifs is 1. The highest BCUT2D eigenvalue weighted by Gasteiger charge is 2.07. The normalized spacial score (nSPS) is 17.3. The first kappa shape index (κ1) is 11.2. The molecular formula is C7H9Cl2N3. The van der Waals surface area contributed by atoms with Crippen molar-refractivity contribution in [1.82, 2.24) is 4.90 Å². The molecule has 5 heteroatoms. The largest absolute Gasteiger partial charge is 0.339 e. The molecule has 0 aromatic heterocycles. The molecule has 2 heterocycles. The smallest absolute Gasteiger partial charge is 0.0781 e. The molecule has 2 rings (SSSR count). The SMILES string of the molecule is C1=CN2CC=NC=C2C=N1.Cl.Cl. The van der Waals surface area contributed by atoms with Crippen molar-refractivity contribution in [2.45, 2.75) is 0 Å². The predicted octanol–water partition coefficient (Wildman–Crippen LogP) is 1.61. The molecule has 2 aliphatic heterocycles. The number of hydrogen-bond donors (Lipinski definition) is 0. The summed E-state index contributed by atoms with van der Waals surface area (Å²) in [7, 11) is 0. The minimum absolute atomic E-state index is 0. The summed E-state index contributed by atoms with van der Waals surface area (Å²) >= 11 is 0. The summed E-state index contributed by atoms with van der Waals surface area (Å²) in [5.41, 5.74) is 1.06. The molecule has 0 unspecified atom stereocenters. The molecule has 2 aliphatic rings. The Kier molecular flexibility index (Phi) is 4.62. The van der Waals surface area contributed by atoms with Crippen LogP contribution in [0.3, 0.4) is 0 Å². The maximum Gasteiger partial charge on any atom is 0.0781 e. The number of allylic oxidation sites excluding steroid dienone is 1. The van der Waals surface area contributed by atoms with E-state index in [2.05, 4.69) is 14.9 Å². The quantitative estimate of drug-likeness (QED) is 0.591. The van der Waals surface area contributed by atoms with Crippen molar-refractivity contribution in [3.05, 3.63) is 24.3 Å². The molecule has 3 nitrogen and oxygen atoms in total. The Morgan fingerprint density at radius 3 is 2.83 bits per heavy atom. The summed E-state index contributed by atoms with van der Waals surface area (Å²) < 4.78 is 0. The standard InChI is InChI=1S/C7H7N3.2ClH/c1-3-10-4-2-9-6-7(10)5-8-1;;/h1-3,5-6H,4H2;2*1H. The summed E-state index contributed by atoms with van der Waals surface area (Å²) in [4.78, 5) is 10.1. The zero-order chi connectivity index (χ0) is 6.81. The van der Waals surface area contributed by atoms with Crippen LogP contribution in [0.1, 0.15) is 0 Å². The summed E-state index contributed by atoms with van der Waals surface area (Å²) in [6.07, 6.45) is 9.19. The Morgan fingerprint density at radius 2 is 2.08 bits per heavy atom. The molecule has 0 saturated carbocycles. The minimum atomic E-state index is 0. The van der Waals surface area contributed by atoms with Crippen LogP contribution in [0.15, 0.2) is 34.3 Å². The van der Waals surface area contributed by atoms with Gasteiger partial charge in [0.1, 0.15) is 0 Å². The van der Waals surface area contributed by atoms with Crippen LogP contribution in [-0.2, 0) is 0 Å². The van der Waals surface area contributed by atoms with Gasteiger partial charge in [-0.15, -0.1) is 24.8 Å². The molecule has 0 N–H and O–H groups in total. The molecule has 0 amide bonds. The Morgan fingerprint density at radius 1 is 1.25 bits per heavy atom. The topological polar surface area (TPSA) is 28.0 Å². The van der Waals surface area contributed by atoms with E-state index in [1.807, 2.05) is 12.4 Å². The Hall–Kier alpha value is -0.800. The molecular weight excluding hydrogens is 197 g/mol. The lowest BCUT2D eigenvalue weighted by Gasteiger charge is -2.22. The van der Waals surface area contributed by atoms with Gasteiger partial charge < -0.3 is 4.90 Å². The van der Waals surface area contributed by atoms with E-state index in [4.69, 9.17) is 0 Å². The lowest BCUT2D eigenvalue weighted by Crippen LogP contribution is -2.23. The first-order valence-electron chi connectivity index (χ1n) is 3.15. The summed E-state index contributed by atoms with van der Waals surface area (Å²) in [5, 5.41) is 0. The van der Waals surface area contributed by atoms with Crippen LogP contribution >= 0.6 is 24.8 Å². The van der Waals surface area contributed by atoms with E-state index in [1.54, 1.807) is 18.6 Å². The van der Waals surface area contributed by atoms with E-state index in [-0.39, 0.29) is 24.8 Å². The van der Waals surface area contributed by atoms with Gasteiger partial charge in [-0.3, -0.25) is 9.98 Å². The summed E-state index contributed by atoms with van der Waals surface area (Å²) in [6.45, 7) is 0.856. The number of aliphatic imine (C=N–C) groups is 2. The zero-order valence-corrected chi connectivity index (χ0v) is 7.88. The van der Waals surface area contributed by atoms with Crippen LogP contribution in [-0.4, -0.2) is 23.9 Å². The molecule has 0 atom stereocenters. The second kappa shape index (κ2) is 4.95. The van der Waals surface area contributed by atoms with Gasteiger partial charge in [-0.1, -0.05) is 0 Å². The molecule has 0 spiro atoms. The maximum atomic E-state index is 4.01. The molecule has 0 aromatic rings. The fraction of sp³-hybridized carbons (Fsp3) is 0.143. The molecule has 0 aliphatic carbocycles. The second-order valence-electron chi connectivity index (χ2n) is 2.11. The van der Waals surface area contributed by atoms with E-state index in [1.165, 1.54) is 0 Å². The van der Waals surface area contributed by atoms with Gasteiger partial charge in [-0.25, -0.2) is 0 Å². The van der Waals surface area contributed by atoms with Gasteiger partial charge in [0.25, 0.3) is 0 Å². The third-order valence-electron chi connectivity index (χ3n) is 1.46. The fourth-order valence-corrected chi connectivity index (χ4v) is 0.937. The number of nitrogens with zero attached hydrogens (tertiary/aromatic N) is 3. The van der Waals surface area contributed by atoms with Crippen LogP contribution in [0.4, 0.5) is 0 Å². The molecule has 66 valence electrons. The first-order chi connectivity index (χ1) is 4.97. The van der Waals surface area contributed by atoms with Crippen LogP contribution in [0.2, 0.25) is 0 Å². The predicted molar refractivity (Wildman–Crippen MR) is 55.4 cm³/mol. The van der Waals surface area contributed by atoms with E-state index >= 15 is 0 Å². The van der Waals surface area contributed by atoms with Gasteiger partial charge in [-0.05, 0) is 0 Å². The zero-order valence-electron chi connectivity index (χ0n) is 6.25. The molecule has 0 radical (unpaired) electrons. The second-order valence-corrected chi connectivity index (χ2v) is 2.11. The van der Waals surface area contributed by atoms with Crippen LogP contribution in [0, 0.1) is 0 Å². The summed E-state index contributed by atoms with van der Waals surface area (Å²) in [5.74, 6) is 0. The van der Waals surface area contributed by atoms with Gasteiger partial charge in [-0.2, -0.15) is 0 Å². The highest BCUT2D eigenvalue weighted by molar-refractivity contribution is 5.85. The van der Waals surface area contributed by atoms with Crippen LogP contribution < -0.4 is 0 Å². The average Bonchev–Trinajstić information content (AvgIpc) is 2.05. The number of rotatable bonds is 0. The van der Waals surface area contributed by atoms with Crippen molar-refractivity contribution in [1.29, 1.82) is 0 Å². The number of hydrogen-bond acceptors (Lipinski definition) is 3. The number of halogens is 2. The van der Waals surface area contributed by atoms with Crippen molar-refractivity contribution in [3.8, 4) is 0 Å². The molecule has 0 bridgehead atoms. The van der Waals surface area contributed by atoms with Crippen molar-refractivity contribution in [2.24, 2.45) is 9.98 Å². The van der Waals surface area contributed by atoms with Gasteiger partial charge in [0.05, 0.1) is 24.7 Å². The molecule has 0 aromatic carbocycles. The monoisotopic (exact) mass is 205 g/mol. The third-order valence-corrected chi connectivity index (χ3v) is 1.46. The maximum absolute atomic E-state index is 4.01. The average molecular weight is 206 g/mol. The highest BCUT2D eigenvalue weighted by atomic mass is 35.5.